The molecule has 2 nitrogen and oxygen atoms in total. The molecule has 10 rings (SSSR count). The number of hydrogen-bond donors (Lipinski definition) is 0. The quantitative estimate of drug-likeness (QED) is 0.183. The molecule has 0 fully saturated rings. The molecule has 0 unspecified atom stereocenters. The molecule has 0 radical (unpaired) electrons. The Morgan fingerprint density at radius 3 is 1.76 bits per heavy atom. The molecule has 1 aliphatic carbocycles. The van der Waals surface area contributed by atoms with Crippen LogP contribution in [0.15, 0.2) is 176 Å². The number of para-hydroxylation sites is 1. The number of anilines is 3. The van der Waals surface area contributed by atoms with Gasteiger partial charge in [-0.2, -0.15) is 0 Å². The number of rotatable bonds is 5. The Hall–Kier alpha value is -6.38. The van der Waals surface area contributed by atoms with Gasteiger partial charge >= 0.3 is 0 Å². The number of fused-ring (bicyclic) bond motifs is 5. The second-order valence-electron chi connectivity index (χ2n) is 14.1. The molecule has 242 valence electrons. The van der Waals surface area contributed by atoms with E-state index in [-0.39, 0.29) is 5.41 Å². The Bertz CT molecular complexity index is 2620. The smallest absolute Gasteiger partial charge is 0.135 e. The Morgan fingerprint density at radius 2 is 0.980 bits per heavy atom. The van der Waals surface area contributed by atoms with Crippen LogP contribution in [0.5, 0.6) is 11.5 Å². The topological polar surface area (TPSA) is 12.5 Å². The summed E-state index contributed by atoms with van der Waals surface area (Å²) in [7, 11) is 0. The van der Waals surface area contributed by atoms with Gasteiger partial charge < -0.3 is 9.64 Å². The van der Waals surface area contributed by atoms with Crippen LogP contribution in [0.1, 0.15) is 25.0 Å². The molecule has 0 spiro atoms. The lowest BCUT2D eigenvalue weighted by atomic mass is 9.82. The summed E-state index contributed by atoms with van der Waals surface area (Å²) in [6, 6.07) is 63.6. The maximum Gasteiger partial charge on any atom is 0.135 e. The van der Waals surface area contributed by atoms with E-state index in [0.717, 1.165) is 34.1 Å². The average molecular weight is 654 g/mol. The fourth-order valence-electron chi connectivity index (χ4n) is 8.33. The zero-order chi connectivity index (χ0) is 34.1. The Balaban J connectivity index is 1.08. The van der Waals surface area contributed by atoms with Gasteiger partial charge in [-0.1, -0.05) is 141 Å². The minimum absolute atomic E-state index is 0.0898. The standard InChI is InChI=1S/C49H35NO/c1-49(2)44-17-8-6-13-39(44)40-28-27-37(31-45(40)49)50(35-23-19-33(20-24-35)32-11-4-3-5-12-32)36-25-21-34(22-26-36)38-29-30-47-48-42(38)15-10-16-43(48)41-14-7-9-18-46(41)51-47/h3-31H,1-2H3. The van der Waals surface area contributed by atoms with Crippen molar-refractivity contribution in [1.82, 2.24) is 0 Å². The van der Waals surface area contributed by atoms with Crippen LogP contribution >= 0.6 is 0 Å². The number of nitrogens with zero attached hydrogens (tertiary/aromatic N) is 1. The molecule has 51 heavy (non-hydrogen) atoms. The van der Waals surface area contributed by atoms with Gasteiger partial charge in [0.1, 0.15) is 11.5 Å². The average Bonchev–Trinajstić information content (AvgIpc) is 3.42. The highest BCUT2D eigenvalue weighted by Crippen LogP contribution is 2.51. The zero-order valence-electron chi connectivity index (χ0n) is 28.6. The molecule has 0 saturated carbocycles. The minimum atomic E-state index is -0.0898. The van der Waals surface area contributed by atoms with Crippen molar-refractivity contribution >= 4 is 27.8 Å². The summed E-state index contributed by atoms with van der Waals surface area (Å²) in [5.74, 6) is 1.82. The normalized spacial score (nSPS) is 13.2. The molecule has 0 atom stereocenters. The molecule has 0 amide bonds. The summed E-state index contributed by atoms with van der Waals surface area (Å²) in [6.07, 6.45) is 0. The SMILES string of the molecule is CC1(C)c2ccccc2-c2ccc(N(c3ccc(-c4ccccc4)cc3)c3ccc(-c4ccc5c6c(cccc46)-c4ccccc4O5)cc3)cc21. The van der Waals surface area contributed by atoms with Crippen LogP contribution in [0.3, 0.4) is 0 Å². The number of hydrogen-bond acceptors (Lipinski definition) is 2. The molecule has 0 N–H and O–H groups in total. The van der Waals surface area contributed by atoms with Crippen LogP contribution in [0.4, 0.5) is 17.1 Å². The van der Waals surface area contributed by atoms with Crippen molar-refractivity contribution in [3.8, 4) is 56.0 Å². The van der Waals surface area contributed by atoms with Crippen molar-refractivity contribution in [2.45, 2.75) is 19.3 Å². The van der Waals surface area contributed by atoms with Crippen molar-refractivity contribution in [2.75, 3.05) is 4.90 Å². The van der Waals surface area contributed by atoms with E-state index in [1.807, 2.05) is 12.1 Å². The minimum Gasteiger partial charge on any atom is -0.456 e. The highest BCUT2D eigenvalue weighted by molar-refractivity contribution is 6.10. The van der Waals surface area contributed by atoms with Gasteiger partial charge in [0.2, 0.25) is 0 Å². The highest BCUT2D eigenvalue weighted by Gasteiger charge is 2.35. The number of benzene rings is 8. The van der Waals surface area contributed by atoms with Gasteiger partial charge in [0.05, 0.1) is 0 Å². The highest BCUT2D eigenvalue weighted by atomic mass is 16.5. The van der Waals surface area contributed by atoms with E-state index in [4.69, 9.17) is 4.74 Å². The molecule has 1 aliphatic heterocycles. The predicted octanol–water partition coefficient (Wildman–Crippen LogP) is 13.7. The lowest BCUT2D eigenvalue weighted by Gasteiger charge is -2.28. The van der Waals surface area contributed by atoms with E-state index >= 15 is 0 Å². The van der Waals surface area contributed by atoms with Crippen molar-refractivity contribution in [3.05, 3.63) is 187 Å². The fourth-order valence-corrected chi connectivity index (χ4v) is 8.33. The third-order valence-corrected chi connectivity index (χ3v) is 10.9. The van der Waals surface area contributed by atoms with Gasteiger partial charge in [0, 0.05) is 33.4 Å². The van der Waals surface area contributed by atoms with Gasteiger partial charge in [-0.3, -0.25) is 0 Å². The lowest BCUT2D eigenvalue weighted by molar-refractivity contribution is 0.487. The summed E-state index contributed by atoms with van der Waals surface area (Å²) in [5.41, 5.74) is 15.8. The molecule has 2 heteroatoms. The van der Waals surface area contributed by atoms with E-state index in [1.54, 1.807) is 0 Å². The Labute approximate surface area is 298 Å². The first-order chi connectivity index (χ1) is 25.0. The monoisotopic (exact) mass is 653 g/mol. The third-order valence-electron chi connectivity index (χ3n) is 10.9. The largest absolute Gasteiger partial charge is 0.456 e. The van der Waals surface area contributed by atoms with Crippen LogP contribution in [0, 0.1) is 0 Å². The van der Waals surface area contributed by atoms with Gasteiger partial charge in [0.15, 0.2) is 0 Å². The van der Waals surface area contributed by atoms with Crippen LogP contribution in [-0.2, 0) is 5.41 Å². The van der Waals surface area contributed by atoms with Crippen LogP contribution in [0.25, 0.3) is 55.3 Å². The van der Waals surface area contributed by atoms with Crippen molar-refractivity contribution in [1.29, 1.82) is 0 Å². The first-order valence-corrected chi connectivity index (χ1v) is 17.7. The maximum absolute atomic E-state index is 6.39. The van der Waals surface area contributed by atoms with Crippen LogP contribution in [0.2, 0.25) is 0 Å². The van der Waals surface area contributed by atoms with Gasteiger partial charge in [-0.25, -0.2) is 0 Å². The Morgan fingerprint density at radius 1 is 0.392 bits per heavy atom. The summed E-state index contributed by atoms with van der Waals surface area (Å²) >= 11 is 0. The van der Waals surface area contributed by atoms with Gasteiger partial charge in [0.25, 0.3) is 0 Å². The molecule has 8 aromatic carbocycles. The maximum atomic E-state index is 6.39. The molecular weight excluding hydrogens is 619 g/mol. The zero-order valence-corrected chi connectivity index (χ0v) is 28.6. The van der Waals surface area contributed by atoms with Crippen molar-refractivity contribution < 1.29 is 4.74 Å². The van der Waals surface area contributed by atoms with Crippen LogP contribution < -0.4 is 9.64 Å². The molecule has 0 saturated heterocycles. The summed E-state index contributed by atoms with van der Waals surface area (Å²) < 4.78 is 6.39. The predicted molar refractivity (Wildman–Crippen MR) is 213 cm³/mol. The third kappa shape index (κ3) is 4.64. The van der Waals surface area contributed by atoms with Crippen molar-refractivity contribution in [3.63, 3.8) is 0 Å². The Kier molecular flexibility index (Phi) is 6.56. The summed E-state index contributed by atoms with van der Waals surface area (Å²) in [6.45, 7) is 4.69. The van der Waals surface area contributed by atoms with E-state index in [0.29, 0.717) is 0 Å². The molecule has 0 bridgehead atoms. The molecular formula is C49H35NO. The molecule has 1 heterocycles. The molecule has 0 aromatic heterocycles. The lowest BCUT2D eigenvalue weighted by Crippen LogP contribution is -2.16. The summed E-state index contributed by atoms with van der Waals surface area (Å²) in [4.78, 5) is 2.39. The fraction of sp³-hybridized carbons (Fsp3) is 0.0612. The van der Waals surface area contributed by atoms with E-state index in [2.05, 4.69) is 183 Å². The number of ether oxygens (including phenoxy) is 1. The second kappa shape index (κ2) is 11.3. The van der Waals surface area contributed by atoms with E-state index in [1.165, 1.54) is 60.8 Å². The van der Waals surface area contributed by atoms with E-state index < -0.39 is 0 Å². The van der Waals surface area contributed by atoms with Crippen molar-refractivity contribution in [2.24, 2.45) is 0 Å². The first-order valence-electron chi connectivity index (χ1n) is 17.7. The first kappa shape index (κ1) is 29.5. The summed E-state index contributed by atoms with van der Waals surface area (Å²) in [5, 5.41) is 2.36. The van der Waals surface area contributed by atoms with Gasteiger partial charge in [-0.15, -0.1) is 0 Å². The molecule has 8 aromatic rings. The molecule has 2 aliphatic rings. The van der Waals surface area contributed by atoms with E-state index in [9.17, 15) is 0 Å². The second-order valence-corrected chi connectivity index (χ2v) is 14.1. The van der Waals surface area contributed by atoms with Gasteiger partial charge in [-0.05, 0) is 104 Å². The van der Waals surface area contributed by atoms with Crippen LogP contribution in [-0.4, -0.2) is 0 Å².